The van der Waals surface area contributed by atoms with Gasteiger partial charge in [0.05, 0.1) is 7.11 Å². The van der Waals surface area contributed by atoms with Crippen molar-refractivity contribution in [1.29, 1.82) is 0 Å². The Kier molecular flexibility index (Phi) is 5.17. The molecule has 3 rings (SSSR count). The fourth-order valence-electron chi connectivity index (χ4n) is 2.56. The molecule has 7 nitrogen and oxygen atoms in total. The number of carbonyl (C=O) groups is 1. The Labute approximate surface area is 150 Å². The standard InChI is InChI=1S/C19H18N4O3/c1-12(13-4-6-14(26-2)7-5-13)10-16(24)15-11-17(25)23-19(22-15)18-20-8-3-9-21-18/h3-9,11-12H,10H2,1-2H3,(H,22,23,25)/t12-/m0/s1. The molecule has 0 aliphatic rings. The highest BCUT2D eigenvalue weighted by Gasteiger charge is 2.17. The number of ether oxygens (including phenoxy) is 1. The van der Waals surface area contributed by atoms with Gasteiger partial charge in [0, 0.05) is 24.9 Å². The first-order valence-corrected chi connectivity index (χ1v) is 8.12. The van der Waals surface area contributed by atoms with Crippen LogP contribution in [-0.4, -0.2) is 32.8 Å². The lowest BCUT2D eigenvalue weighted by molar-refractivity contribution is 0.0970. The van der Waals surface area contributed by atoms with E-state index < -0.39 is 5.56 Å². The zero-order valence-corrected chi connectivity index (χ0v) is 14.5. The van der Waals surface area contributed by atoms with E-state index in [0.29, 0.717) is 0 Å². The lowest BCUT2D eigenvalue weighted by Crippen LogP contribution is -2.16. The van der Waals surface area contributed by atoms with Gasteiger partial charge in [-0.3, -0.25) is 9.59 Å². The van der Waals surface area contributed by atoms with Gasteiger partial charge in [0.25, 0.3) is 5.56 Å². The van der Waals surface area contributed by atoms with Crippen LogP contribution in [-0.2, 0) is 0 Å². The second-order valence-electron chi connectivity index (χ2n) is 5.85. The Balaban J connectivity index is 1.81. The molecule has 0 spiro atoms. The molecule has 7 heteroatoms. The van der Waals surface area contributed by atoms with E-state index in [1.807, 2.05) is 31.2 Å². The van der Waals surface area contributed by atoms with Gasteiger partial charge >= 0.3 is 0 Å². The molecule has 0 amide bonds. The van der Waals surface area contributed by atoms with Crippen molar-refractivity contribution in [1.82, 2.24) is 19.9 Å². The Morgan fingerprint density at radius 3 is 2.54 bits per heavy atom. The first-order valence-electron chi connectivity index (χ1n) is 8.12. The Morgan fingerprint density at radius 1 is 1.19 bits per heavy atom. The van der Waals surface area contributed by atoms with E-state index in [4.69, 9.17) is 4.74 Å². The summed E-state index contributed by atoms with van der Waals surface area (Å²) >= 11 is 0. The average Bonchev–Trinajstić information content (AvgIpc) is 2.68. The van der Waals surface area contributed by atoms with Gasteiger partial charge < -0.3 is 9.72 Å². The van der Waals surface area contributed by atoms with Crippen LogP contribution in [0.4, 0.5) is 0 Å². The number of methoxy groups -OCH3 is 1. The molecule has 132 valence electrons. The third-order valence-electron chi connectivity index (χ3n) is 3.98. The molecular weight excluding hydrogens is 332 g/mol. The number of rotatable bonds is 6. The molecule has 0 bridgehead atoms. The van der Waals surface area contributed by atoms with Crippen molar-refractivity contribution >= 4 is 5.78 Å². The summed E-state index contributed by atoms with van der Waals surface area (Å²) in [5, 5.41) is 0. The van der Waals surface area contributed by atoms with E-state index in [0.717, 1.165) is 11.3 Å². The molecule has 2 heterocycles. The monoisotopic (exact) mass is 350 g/mol. The fraction of sp³-hybridized carbons (Fsp3) is 0.211. The summed E-state index contributed by atoms with van der Waals surface area (Å²) in [5.41, 5.74) is 0.704. The topological polar surface area (TPSA) is 97.8 Å². The number of hydrogen-bond donors (Lipinski definition) is 1. The number of benzene rings is 1. The van der Waals surface area contributed by atoms with Crippen LogP contribution in [0.1, 0.15) is 35.3 Å². The summed E-state index contributed by atoms with van der Waals surface area (Å²) in [7, 11) is 1.61. The summed E-state index contributed by atoms with van der Waals surface area (Å²) < 4.78 is 5.14. The van der Waals surface area contributed by atoms with Gasteiger partial charge in [-0.1, -0.05) is 19.1 Å². The van der Waals surface area contributed by atoms with Gasteiger partial charge in [-0.25, -0.2) is 15.0 Å². The van der Waals surface area contributed by atoms with Crippen LogP contribution in [0.5, 0.6) is 5.75 Å². The van der Waals surface area contributed by atoms with Gasteiger partial charge in [0.15, 0.2) is 17.4 Å². The van der Waals surface area contributed by atoms with Crippen molar-refractivity contribution in [2.45, 2.75) is 19.3 Å². The number of aromatic nitrogens is 4. The summed E-state index contributed by atoms with van der Waals surface area (Å²) in [6.45, 7) is 1.95. The largest absolute Gasteiger partial charge is 0.497 e. The molecule has 0 unspecified atom stereocenters. The van der Waals surface area contributed by atoms with Crippen molar-refractivity contribution in [2.24, 2.45) is 0 Å². The van der Waals surface area contributed by atoms with Crippen LogP contribution >= 0.6 is 0 Å². The van der Waals surface area contributed by atoms with Crippen LogP contribution in [0.2, 0.25) is 0 Å². The van der Waals surface area contributed by atoms with Gasteiger partial charge in [0.1, 0.15) is 11.4 Å². The Morgan fingerprint density at radius 2 is 1.88 bits per heavy atom. The van der Waals surface area contributed by atoms with Gasteiger partial charge in [-0.05, 0) is 29.7 Å². The molecule has 1 N–H and O–H groups in total. The molecule has 0 radical (unpaired) electrons. The second-order valence-corrected chi connectivity index (χ2v) is 5.85. The molecule has 3 aromatic rings. The Bertz CT molecular complexity index is 953. The number of Topliss-reactive ketones (excluding diaryl/α,β-unsaturated/α-hetero) is 1. The van der Waals surface area contributed by atoms with Gasteiger partial charge in [-0.2, -0.15) is 0 Å². The smallest absolute Gasteiger partial charge is 0.251 e. The van der Waals surface area contributed by atoms with E-state index in [2.05, 4.69) is 19.9 Å². The van der Waals surface area contributed by atoms with Crippen molar-refractivity contribution in [3.8, 4) is 17.4 Å². The molecule has 1 atom stereocenters. The number of H-pyrrole nitrogens is 1. The maximum atomic E-state index is 12.6. The molecule has 2 aromatic heterocycles. The highest BCUT2D eigenvalue weighted by molar-refractivity contribution is 5.94. The molecule has 1 aromatic carbocycles. The lowest BCUT2D eigenvalue weighted by Gasteiger charge is -2.11. The van der Waals surface area contributed by atoms with Crippen LogP contribution in [0.25, 0.3) is 11.6 Å². The van der Waals surface area contributed by atoms with Crippen LogP contribution in [0, 0.1) is 0 Å². The van der Waals surface area contributed by atoms with Crippen molar-refractivity contribution in [3.05, 3.63) is 70.4 Å². The van der Waals surface area contributed by atoms with Gasteiger partial charge in [0.2, 0.25) is 0 Å². The second kappa shape index (κ2) is 7.69. The molecule has 0 saturated carbocycles. The average molecular weight is 350 g/mol. The van der Waals surface area contributed by atoms with Crippen LogP contribution < -0.4 is 10.3 Å². The van der Waals surface area contributed by atoms with Crippen LogP contribution in [0.3, 0.4) is 0 Å². The zero-order chi connectivity index (χ0) is 18.5. The molecule has 0 saturated heterocycles. The summed E-state index contributed by atoms with van der Waals surface area (Å²) in [6.07, 6.45) is 3.32. The molecule has 26 heavy (non-hydrogen) atoms. The summed E-state index contributed by atoms with van der Waals surface area (Å²) in [4.78, 5) is 39.4. The number of ketones is 1. The third kappa shape index (κ3) is 4.00. The summed E-state index contributed by atoms with van der Waals surface area (Å²) in [6, 6.07) is 10.4. The minimum Gasteiger partial charge on any atom is -0.497 e. The first-order chi connectivity index (χ1) is 12.6. The van der Waals surface area contributed by atoms with Crippen molar-refractivity contribution in [3.63, 3.8) is 0 Å². The quantitative estimate of drug-likeness (QED) is 0.686. The minimum absolute atomic E-state index is 0.0223. The van der Waals surface area contributed by atoms with Crippen molar-refractivity contribution < 1.29 is 9.53 Å². The maximum absolute atomic E-state index is 12.6. The van der Waals surface area contributed by atoms with E-state index >= 15 is 0 Å². The number of carbonyl (C=O) groups excluding carboxylic acids is 1. The van der Waals surface area contributed by atoms with E-state index in [-0.39, 0.29) is 35.5 Å². The number of nitrogens with zero attached hydrogens (tertiary/aromatic N) is 3. The third-order valence-corrected chi connectivity index (χ3v) is 3.98. The Hall–Kier alpha value is -3.35. The van der Waals surface area contributed by atoms with Crippen molar-refractivity contribution in [2.75, 3.05) is 7.11 Å². The SMILES string of the molecule is COc1ccc([C@@H](C)CC(=O)c2cc(=O)[nH]c(-c3ncccn3)n2)cc1. The minimum atomic E-state index is -0.414. The highest BCUT2D eigenvalue weighted by atomic mass is 16.5. The fourth-order valence-corrected chi connectivity index (χ4v) is 2.56. The number of aromatic amines is 1. The van der Waals surface area contributed by atoms with E-state index in [1.54, 1.807) is 25.6 Å². The lowest BCUT2D eigenvalue weighted by atomic mass is 9.94. The zero-order valence-electron chi connectivity index (χ0n) is 14.5. The first kappa shape index (κ1) is 17.5. The normalized spacial score (nSPS) is 11.8. The molecule has 0 aliphatic heterocycles. The predicted octanol–water partition coefficient (Wildman–Crippen LogP) is 2.61. The molecule has 0 fully saturated rings. The predicted molar refractivity (Wildman–Crippen MR) is 96.2 cm³/mol. The number of hydrogen-bond acceptors (Lipinski definition) is 6. The van der Waals surface area contributed by atoms with Gasteiger partial charge in [-0.15, -0.1) is 0 Å². The number of nitrogens with one attached hydrogen (secondary N) is 1. The van der Waals surface area contributed by atoms with E-state index in [1.165, 1.54) is 6.07 Å². The van der Waals surface area contributed by atoms with Crippen LogP contribution in [0.15, 0.2) is 53.6 Å². The molecule has 0 aliphatic carbocycles. The molecular formula is C19H18N4O3. The maximum Gasteiger partial charge on any atom is 0.251 e. The van der Waals surface area contributed by atoms with E-state index in [9.17, 15) is 9.59 Å². The summed E-state index contributed by atoms with van der Waals surface area (Å²) in [5.74, 6) is 0.972. The highest BCUT2D eigenvalue weighted by Crippen LogP contribution is 2.23.